The highest BCUT2D eigenvalue weighted by Gasteiger charge is 2.10. The minimum absolute atomic E-state index is 0.0885. The van der Waals surface area contributed by atoms with Gasteiger partial charge in [0.2, 0.25) is 11.7 Å². The van der Waals surface area contributed by atoms with Crippen LogP contribution in [0.3, 0.4) is 0 Å². The fourth-order valence-electron chi connectivity index (χ4n) is 2.60. The first-order valence-corrected chi connectivity index (χ1v) is 9.24. The molecule has 0 saturated heterocycles. The van der Waals surface area contributed by atoms with Gasteiger partial charge in [0.25, 0.3) is 0 Å². The number of carbonyl (C=O) groups is 1. The molecular formula is C21H23N3O4. The summed E-state index contributed by atoms with van der Waals surface area (Å²) in [6.07, 6.45) is 4.81. The molecule has 0 aliphatic carbocycles. The van der Waals surface area contributed by atoms with Crippen molar-refractivity contribution >= 4 is 5.97 Å². The molecule has 0 N–H and O–H groups in total. The van der Waals surface area contributed by atoms with Gasteiger partial charge in [-0.1, -0.05) is 17.3 Å². The smallest absolute Gasteiger partial charge is 0.310 e. The number of aromatic nitrogens is 3. The van der Waals surface area contributed by atoms with Crippen LogP contribution in [-0.4, -0.2) is 33.8 Å². The third-order valence-corrected chi connectivity index (χ3v) is 3.80. The lowest BCUT2D eigenvalue weighted by Crippen LogP contribution is -2.10. The van der Waals surface area contributed by atoms with E-state index in [1.54, 1.807) is 12.4 Å². The lowest BCUT2D eigenvalue weighted by atomic mass is 10.1. The Balaban J connectivity index is 1.41. The fourth-order valence-corrected chi connectivity index (χ4v) is 2.60. The van der Waals surface area contributed by atoms with E-state index in [0.29, 0.717) is 31.2 Å². The van der Waals surface area contributed by atoms with E-state index >= 15 is 0 Å². The molecule has 0 amide bonds. The first-order chi connectivity index (χ1) is 13.6. The Bertz CT molecular complexity index is 893. The maximum absolute atomic E-state index is 12.0. The topological polar surface area (TPSA) is 87.3 Å². The summed E-state index contributed by atoms with van der Waals surface area (Å²) in [7, 11) is 0. The molecule has 0 aliphatic heterocycles. The second kappa shape index (κ2) is 9.64. The van der Waals surface area contributed by atoms with Crippen molar-refractivity contribution in [3.05, 3.63) is 60.2 Å². The average molecular weight is 381 g/mol. The van der Waals surface area contributed by atoms with Gasteiger partial charge in [-0.2, -0.15) is 4.98 Å². The minimum Gasteiger partial charge on any atom is -0.491 e. The van der Waals surface area contributed by atoms with Crippen LogP contribution in [0.4, 0.5) is 0 Å². The van der Waals surface area contributed by atoms with Gasteiger partial charge in [-0.05, 0) is 50.1 Å². The normalized spacial score (nSPS) is 10.8. The first-order valence-electron chi connectivity index (χ1n) is 9.24. The first kappa shape index (κ1) is 19.5. The van der Waals surface area contributed by atoms with E-state index in [1.165, 1.54) is 0 Å². The molecule has 28 heavy (non-hydrogen) atoms. The van der Waals surface area contributed by atoms with Gasteiger partial charge in [0.15, 0.2) is 0 Å². The molecule has 0 radical (unpaired) electrons. The molecule has 0 spiro atoms. The van der Waals surface area contributed by atoms with Gasteiger partial charge in [-0.15, -0.1) is 0 Å². The van der Waals surface area contributed by atoms with Crippen LogP contribution < -0.4 is 4.74 Å². The van der Waals surface area contributed by atoms with Crippen molar-refractivity contribution in [2.75, 3.05) is 6.61 Å². The van der Waals surface area contributed by atoms with Crippen LogP contribution in [0.5, 0.6) is 5.75 Å². The zero-order valence-corrected chi connectivity index (χ0v) is 16.0. The van der Waals surface area contributed by atoms with Gasteiger partial charge in [-0.3, -0.25) is 9.78 Å². The molecule has 2 aromatic heterocycles. The van der Waals surface area contributed by atoms with E-state index in [4.69, 9.17) is 14.0 Å². The SMILES string of the molecule is CC(C)Oc1cccc(CC(=O)OCCCc2nc(-c3cccnc3)no2)c1. The van der Waals surface area contributed by atoms with Gasteiger partial charge in [0.05, 0.1) is 19.1 Å². The van der Waals surface area contributed by atoms with Gasteiger partial charge < -0.3 is 14.0 Å². The Morgan fingerprint density at radius 3 is 2.89 bits per heavy atom. The van der Waals surface area contributed by atoms with E-state index in [9.17, 15) is 4.79 Å². The van der Waals surface area contributed by atoms with E-state index in [1.807, 2.05) is 50.2 Å². The van der Waals surface area contributed by atoms with Crippen LogP contribution in [0.15, 0.2) is 53.3 Å². The highest BCUT2D eigenvalue weighted by atomic mass is 16.5. The number of esters is 1. The predicted molar refractivity (Wildman–Crippen MR) is 103 cm³/mol. The van der Waals surface area contributed by atoms with Crippen LogP contribution in [0.25, 0.3) is 11.4 Å². The quantitative estimate of drug-likeness (QED) is 0.413. The van der Waals surface area contributed by atoms with Crippen molar-refractivity contribution in [3.8, 4) is 17.1 Å². The Morgan fingerprint density at radius 2 is 2.11 bits per heavy atom. The summed E-state index contributed by atoms with van der Waals surface area (Å²) >= 11 is 0. The monoisotopic (exact) mass is 381 g/mol. The third kappa shape index (κ3) is 5.90. The summed E-state index contributed by atoms with van der Waals surface area (Å²) in [5.41, 5.74) is 1.66. The molecule has 2 heterocycles. The molecule has 0 aliphatic rings. The predicted octanol–water partition coefficient (Wildman–Crippen LogP) is 3.64. The molecule has 0 bridgehead atoms. The number of ether oxygens (including phenoxy) is 2. The Kier molecular flexibility index (Phi) is 6.73. The second-order valence-corrected chi connectivity index (χ2v) is 6.57. The van der Waals surface area contributed by atoms with E-state index in [2.05, 4.69) is 15.1 Å². The second-order valence-electron chi connectivity index (χ2n) is 6.57. The molecule has 3 rings (SSSR count). The maximum Gasteiger partial charge on any atom is 0.310 e. The molecular weight excluding hydrogens is 358 g/mol. The van der Waals surface area contributed by atoms with Gasteiger partial charge >= 0.3 is 5.97 Å². The molecule has 0 atom stereocenters. The molecule has 0 fully saturated rings. The van der Waals surface area contributed by atoms with Gasteiger partial charge in [0, 0.05) is 24.4 Å². The van der Waals surface area contributed by atoms with Crippen molar-refractivity contribution in [2.24, 2.45) is 0 Å². The molecule has 1 aromatic carbocycles. The van der Waals surface area contributed by atoms with Crippen molar-refractivity contribution in [3.63, 3.8) is 0 Å². The summed E-state index contributed by atoms with van der Waals surface area (Å²) in [5, 5.41) is 3.94. The van der Waals surface area contributed by atoms with E-state index < -0.39 is 0 Å². The zero-order valence-electron chi connectivity index (χ0n) is 16.0. The van der Waals surface area contributed by atoms with E-state index in [0.717, 1.165) is 16.9 Å². The van der Waals surface area contributed by atoms with E-state index in [-0.39, 0.29) is 18.5 Å². The molecule has 7 nitrogen and oxygen atoms in total. The molecule has 0 unspecified atom stereocenters. The van der Waals surface area contributed by atoms with Crippen LogP contribution in [-0.2, 0) is 22.4 Å². The summed E-state index contributed by atoms with van der Waals surface area (Å²) in [6, 6.07) is 11.2. The molecule has 7 heteroatoms. The number of aryl methyl sites for hydroxylation is 1. The number of hydrogen-bond donors (Lipinski definition) is 0. The Morgan fingerprint density at radius 1 is 1.21 bits per heavy atom. The maximum atomic E-state index is 12.0. The highest BCUT2D eigenvalue weighted by molar-refractivity contribution is 5.72. The number of pyridine rings is 1. The number of hydrogen-bond acceptors (Lipinski definition) is 7. The minimum atomic E-state index is -0.275. The lowest BCUT2D eigenvalue weighted by Gasteiger charge is -2.10. The largest absolute Gasteiger partial charge is 0.491 e. The van der Waals surface area contributed by atoms with Gasteiger partial charge in [0.1, 0.15) is 5.75 Å². The summed E-state index contributed by atoms with van der Waals surface area (Å²) in [5.74, 6) is 1.49. The summed E-state index contributed by atoms with van der Waals surface area (Å²) < 4.78 is 16.2. The fraction of sp³-hybridized carbons (Fsp3) is 0.333. The standard InChI is InChI=1S/C21H23N3O4/c1-15(2)27-18-8-3-6-16(12-18)13-20(25)26-11-5-9-19-23-21(24-28-19)17-7-4-10-22-14-17/h3-4,6-8,10,12,14-15H,5,9,11,13H2,1-2H3. The lowest BCUT2D eigenvalue weighted by molar-refractivity contribution is -0.142. The number of nitrogens with zero attached hydrogens (tertiary/aromatic N) is 3. The van der Waals surface area contributed by atoms with Crippen molar-refractivity contribution in [1.29, 1.82) is 0 Å². The Labute approximate surface area is 163 Å². The van der Waals surface area contributed by atoms with Crippen LogP contribution >= 0.6 is 0 Å². The average Bonchev–Trinajstić information content (AvgIpc) is 3.15. The number of carbonyl (C=O) groups excluding carboxylic acids is 1. The Hall–Kier alpha value is -3.22. The van der Waals surface area contributed by atoms with Crippen LogP contribution in [0.1, 0.15) is 31.7 Å². The molecule has 3 aromatic rings. The van der Waals surface area contributed by atoms with Crippen molar-refractivity contribution in [1.82, 2.24) is 15.1 Å². The third-order valence-electron chi connectivity index (χ3n) is 3.80. The highest BCUT2D eigenvalue weighted by Crippen LogP contribution is 2.16. The van der Waals surface area contributed by atoms with Crippen LogP contribution in [0.2, 0.25) is 0 Å². The summed E-state index contributed by atoms with van der Waals surface area (Å²) in [4.78, 5) is 20.4. The molecule has 0 saturated carbocycles. The summed E-state index contributed by atoms with van der Waals surface area (Å²) in [6.45, 7) is 4.22. The van der Waals surface area contributed by atoms with Crippen molar-refractivity contribution in [2.45, 2.75) is 39.2 Å². The van der Waals surface area contributed by atoms with Gasteiger partial charge in [-0.25, -0.2) is 0 Å². The molecule has 146 valence electrons. The zero-order chi connectivity index (χ0) is 19.8. The van der Waals surface area contributed by atoms with Crippen LogP contribution in [0, 0.1) is 0 Å². The number of rotatable bonds is 9. The number of benzene rings is 1. The van der Waals surface area contributed by atoms with Crippen molar-refractivity contribution < 1.29 is 18.8 Å².